The van der Waals surface area contributed by atoms with Crippen molar-refractivity contribution in [2.75, 3.05) is 6.61 Å². The lowest BCUT2D eigenvalue weighted by atomic mass is 9.83. The molecule has 1 fully saturated rings. The number of hydrogen-bond acceptors (Lipinski definition) is 2. The van der Waals surface area contributed by atoms with E-state index in [1.165, 1.54) is 48.2 Å². The summed E-state index contributed by atoms with van der Waals surface area (Å²) in [6.45, 7) is 5.38. The average Bonchev–Trinajstić information content (AvgIpc) is 2.34. The molecule has 1 aromatic rings. The summed E-state index contributed by atoms with van der Waals surface area (Å²) in [5.41, 5.74) is 1.30. The van der Waals surface area contributed by atoms with Crippen LogP contribution >= 0.6 is 12.0 Å². The molecule has 0 bridgehead atoms. The van der Waals surface area contributed by atoms with E-state index in [1.54, 1.807) is 0 Å². The van der Waals surface area contributed by atoms with Crippen molar-refractivity contribution in [2.45, 2.75) is 44.4 Å². The molecule has 0 unspecified atom stereocenters. The molecular weight excluding hydrogens is 228 g/mol. The minimum Gasteiger partial charge on any atom is -0.310 e. The Kier molecular flexibility index (Phi) is 4.93. The summed E-state index contributed by atoms with van der Waals surface area (Å²) in [6, 6.07) is 8.52. The summed E-state index contributed by atoms with van der Waals surface area (Å²) in [5.74, 6) is 1.71. The first-order valence-electron chi connectivity index (χ1n) is 6.60. The van der Waals surface area contributed by atoms with E-state index in [0.29, 0.717) is 0 Å². The van der Waals surface area contributed by atoms with Crippen LogP contribution in [0, 0.1) is 18.8 Å². The maximum absolute atomic E-state index is 5.75. The molecule has 1 aliphatic carbocycles. The van der Waals surface area contributed by atoms with Crippen LogP contribution in [0.1, 0.15) is 38.2 Å². The van der Waals surface area contributed by atoms with E-state index in [0.717, 1.165) is 18.4 Å². The van der Waals surface area contributed by atoms with Crippen LogP contribution in [0.3, 0.4) is 0 Å². The van der Waals surface area contributed by atoms with Crippen molar-refractivity contribution in [3.05, 3.63) is 29.8 Å². The Bertz CT molecular complexity index is 325. The quantitative estimate of drug-likeness (QED) is 0.707. The highest BCUT2D eigenvalue weighted by molar-refractivity contribution is 7.94. The third kappa shape index (κ3) is 4.36. The van der Waals surface area contributed by atoms with Crippen molar-refractivity contribution in [1.29, 1.82) is 0 Å². The zero-order valence-electron chi connectivity index (χ0n) is 10.8. The van der Waals surface area contributed by atoms with Crippen molar-refractivity contribution in [2.24, 2.45) is 11.8 Å². The third-order valence-electron chi connectivity index (χ3n) is 3.62. The summed E-state index contributed by atoms with van der Waals surface area (Å²) in [4.78, 5) is 1.21. The van der Waals surface area contributed by atoms with E-state index >= 15 is 0 Å². The summed E-state index contributed by atoms with van der Waals surface area (Å²) < 4.78 is 5.75. The van der Waals surface area contributed by atoms with Gasteiger partial charge >= 0.3 is 0 Å². The third-order valence-corrected chi connectivity index (χ3v) is 4.33. The Labute approximate surface area is 109 Å². The summed E-state index contributed by atoms with van der Waals surface area (Å²) in [6.07, 6.45) is 5.44. The molecular formula is C15H22OS. The second-order valence-corrected chi connectivity index (χ2v) is 6.18. The first-order valence-corrected chi connectivity index (χ1v) is 7.34. The molecule has 0 heterocycles. The van der Waals surface area contributed by atoms with Crippen molar-refractivity contribution in [1.82, 2.24) is 0 Å². The van der Waals surface area contributed by atoms with Crippen LogP contribution in [0.15, 0.2) is 29.2 Å². The predicted octanol–water partition coefficient (Wildman–Crippen LogP) is 4.85. The Morgan fingerprint density at radius 1 is 1.12 bits per heavy atom. The maximum atomic E-state index is 5.75. The lowest BCUT2D eigenvalue weighted by Gasteiger charge is -2.25. The molecule has 0 spiro atoms. The van der Waals surface area contributed by atoms with Crippen LogP contribution in [0.4, 0.5) is 0 Å². The summed E-state index contributed by atoms with van der Waals surface area (Å²) >= 11 is 1.52. The molecule has 0 saturated heterocycles. The minimum absolute atomic E-state index is 0.782. The fourth-order valence-electron chi connectivity index (χ4n) is 2.29. The molecule has 0 atom stereocenters. The predicted molar refractivity (Wildman–Crippen MR) is 74.1 cm³/mol. The van der Waals surface area contributed by atoms with E-state index in [-0.39, 0.29) is 0 Å². The zero-order chi connectivity index (χ0) is 12.1. The van der Waals surface area contributed by atoms with E-state index < -0.39 is 0 Å². The SMILES string of the molecule is Cc1ccc(SOCC2CCC(C)CC2)cc1. The van der Waals surface area contributed by atoms with Gasteiger partial charge in [0, 0.05) is 16.9 Å². The van der Waals surface area contributed by atoms with Gasteiger partial charge < -0.3 is 4.18 Å². The van der Waals surface area contributed by atoms with Gasteiger partial charge in [-0.1, -0.05) is 37.5 Å². The summed E-state index contributed by atoms with van der Waals surface area (Å²) in [7, 11) is 0. The largest absolute Gasteiger partial charge is 0.310 e. The molecule has 1 aliphatic rings. The molecule has 1 nitrogen and oxygen atoms in total. The van der Waals surface area contributed by atoms with E-state index in [2.05, 4.69) is 38.1 Å². The van der Waals surface area contributed by atoms with Crippen molar-refractivity contribution < 1.29 is 4.18 Å². The average molecular weight is 250 g/mol. The van der Waals surface area contributed by atoms with E-state index in [4.69, 9.17) is 4.18 Å². The topological polar surface area (TPSA) is 9.23 Å². The van der Waals surface area contributed by atoms with Crippen LogP contribution in [0.5, 0.6) is 0 Å². The van der Waals surface area contributed by atoms with Gasteiger partial charge in [0.1, 0.15) is 0 Å². The van der Waals surface area contributed by atoms with Crippen LogP contribution in [-0.4, -0.2) is 6.61 Å². The van der Waals surface area contributed by atoms with E-state index in [1.807, 2.05) is 0 Å². The molecule has 2 heteroatoms. The number of benzene rings is 1. The molecule has 0 aromatic heterocycles. The molecule has 0 aliphatic heterocycles. The standard InChI is InChI=1S/C15H22OS/c1-12-3-7-14(8-4-12)11-16-17-15-9-5-13(2)6-10-15/h5-6,9-10,12,14H,3-4,7-8,11H2,1-2H3. The van der Waals surface area contributed by atoms with Crippen molar-refractivity contribution in [3.63, 3.8) is 0 Å². The molecule has 94 valence electrons. The van der Waals surface area contributed by atoms with Gasteiger partial charge in [-0.25, -0.2) is 0 Å². The number of rotatable bonds is 4. The van der Waals surface area contributed by atoms with Gasteiger partial charge in [0.25, 0.3) is 0 Å². The minimum atomic E-state index is 0.782. The lowest BCUT2D eigenvalue weighted by molar-refractivity contribution is 0.208. The molecule has 2 rings (SSSR count). The molecule has 0 amide bonds. The van der Waals surface area contributed by atoms with Gasteiger partial charge in [0.2, 0.25) is 0 Å². The first kappa shape index (κ1) is 13.0. The maximum Gasteiger partial charge on any atom is 0.0646 e. The van der Waals surface area contributed by atoms with Crippen molar-refractivity contribution >= 4 is 12.0 Å². The van der Waals surface area contributed by atoms with E-state index in [9.17, 15) is 0 Å². The van der Waals surface area contributed by atoms with Gasteiger partial charge in [-0.3, -0.25) is 0 Å². The first-order chi connectivity index (χ1) is 8.24. The van der Waals surface area contributed by atoms with Crippen molar-refractivity contribution in [3.8, 4) is 0 Å². The molecule has 0 N–H and O–H groups in total. The molecule has 17 heavy (non-hydrogen) atoms. The Hall–Kier alpha value is -0.470. The second kappa shape index (κ2) is 6.46. The Balaban J connectivity index is 1.67. The molecule has 1 aromatic carbocycles. The normalized spacial score (nSPS) is 24.8. The zero-order valence-corrected chi connectivity index (χ0v) is 11.6. The smallest absolute Gasteiger partial charge is 0.0646 e. The number of hydrogen-bond donors (Lipinski definition) is 0. The van der Waals surface area contributed by atoms with Crippen LogP contribution in [0.2, 0.25) is 0 Å². The highest BCUT2D eigenvalue weighted by Gasteiger charge is 2.18. The van der Waals surface area contributed by atoms with Crippen LogP contribution in [-0.2, 0) is 4.18 Å². The molecule has 0 radical (unpaired) electrons. The van der Waals surface area contributed by atoms with Gasteiger partial charge in [0.15, 0.2) is 0 Å². The fourth-order valence-corrected chi connectivity index (χ4v) is 2.93. The van der Waals surface area contributed by atoms with Crippen LogP contribution in [0.25, 0.3) is 0 Å². The second-order valence-electron chi connectivity index (χ2n) is 5.31. The lowest BCUT2D eigenvalue weighted by Crippen LogP contribution is -2.15. The Morgan fingerprint density at radius 2 is 1.76 bits per heavy atom. The number of aryl methyl sites for hydroxylation is 1. The highest BCUT2D eigenvalue weighted by atomic mass is 32.2. The van der Waals surface area contributed by atoms with Gasteiger partial charge in [-0.2, -0.15) is 0 Å². The molecule has 1 saturated carbocycles. The van der Waals surface area contributed by atoms with Gasteiger partial charge in [0.05, 0.1) is 6.61 Å². The highest BCUT2D eigenvalue weighted by Crippen LogP contribution is 2.30. The Morgan fingerprint density at radius 3 is 2.41 bits per heavy atom. The van der Waals surface area contributed by atoms with Crippen LogP contribution < -0.4 is 0 Å². The van der Waals surface area contributed by atoms with Gasteiger partial charge in [-0.05, 0) is 43.7 Å². The monoisotopic (exact) mass is 250 g/mol. The summed E-state index contributed by atoms with van der Waals surface area (Å²) in [5, 5.41) is 0. The fraction of sp³-hybridized carbons (Fsp3) is 0.600. The van der Waals surface area contributed by atoms with Gasteiger partial charge in [-0.15, -0.1) is 0 Å².